The maximum atomic E-state index is 11.7. The first-order valence-corrected chi connectivity index (χ1v) is 10.2. The van der Waals surface area contributed by atoms with Gasteiger partial charge in [0, 0.05) is 63.1 Å². The summed E-state index contributed by atoms with van der Waals surface area (Å²) >= 11 is 0. The average molecular weight is 412 g/mol. The summed E-state index contributed by atoms with van der Waals surface area (Å²) < 4.78 is 9.50. The Kier molecular flexibility index (Phi) is 15.5. The monoisotopic (exact) mass is 411 g/mol. The van der Waals surface area contributed by atoms with E-state index in [9.17, 15) is 14.0 Å². The lowest BCUT2D eigenvalue weighted by atomic mass is 10.2. The van der Waals surface area contributed by atoms with Crippen molar-refractivity contribution < 1.29 is 14.0 Å². The zero-order valence-corrected chi connectivity index (χ0v) is 18.5. The third-order valence-corrected chi connectivity index (χ3v) is 4.53. The van der Waals surface area contributed by atoms with Crippen molar-refractivity contribution in [1.29, 1.82) is 0 Å². The predicted molar refractivity (Wildman–Crippen MR) is 119 cm³/mol. The van der Waals surface area contributed by atoms with Crippen LogP contribution in [-0.2, 0) is 9.59 Å². The summed E-state index contributed by atoms with van der Waals surface area (Å²) in [5.41, 5.74) is 1.96. The Bertz CT molecular complexity index is 549. The van der Waals surface area contributed by atoms with E-state index in [1.54, 1.807) is 0 Å². The van der Waals surface area contributed by atoms with Gasteiger partial charge in [0.25, 0.3) is 0 Å². The van der Waals surface area contributed by atoms with E-state index in [0.29, 0.717) is 26.2 Å². The second kappa shape index (κ2) is 16.7. The minimum Gasteiger partial charge on any atom is -0.369 e. The number of rotatable bonds is 9. The highest BCUT2D eigenvalue weighted by atomic mass is 19.1. The maximum absolute atomic E-state index is 11.7. The van der Waals surface area contributed by atoms with Crippen LogP contribution in [0.25, 0.3) is 0 Å². The van der Waals surface area contributed by atoms with Crippen molar-refractivity contribution in [3.63, 3.8) is 0 Å². The molecule has 0 radical (unpaired) electrons. The molecule has 1 fully saturated rings. The molecule has 29 heavy (non-hydrogen) atoms. The van der Waals surface area contributed by atoms with E-state index in [1.807, 2.05) is 45.2 Å². The molecule has 0 aromatic heterocycles. The number of benzene rings is 1. The average Bonchev–Trinajstić information content (AvgIpc) is 2.77. The van der Waals surface area contributed by atoms with Crippen LogP contribution in [0.4, 0.5) is 15.8 Å². The van der Waals surface area contributed by atoms with Gasteiger partial charge in [0.05, 0.1) is 7.18 Å². The van der Waals surface area contributed by atoms with E-state index in [2.05, 4.69) is 32.7 Å². The van der Waals surface area contributed by atoms with Crippen LogP contribution < -0.4 is 20.9 Å². The Morgan fingerprint density at radius 2 is 1.72 bits per heavy atom. The molecule has 2 rings (SSSR count). The third kappa shape index (κ3) is 10.2. The first-order valence-electron chi connectivity index (χ1n) is 10.2. The largest absolute Gasteiger partial charge is 0.369 e. The molecule has 1 unspecified atom stereocenters. The second-order valence-corrected chi connectivity index (χ2v) is 6.35. The fourth-order valence-corrected chi connectivity index (χ4v) is 3.07. The second-order valence-electron chi connectivity index (χ2n) is 6.35. The molecule has 0 saturated carbocycles. The van der Waals surface area contributed by atoms with Crippen molar-refractivity contribution in [3.05, 3.63) is 24.3 Å². The molecule has 8 heteroatoms. The molecule has 1 atom stereocenters. The molecule has 0 spiro atoms. The number of carbonyl (C=O) groups is 2. The van der Waals surface area contributed by atoms with Gasteiger partial charge >= 0.3 is 0 Å². The number of hydrogen-bond acceptors (Lipinski definition) is 5. The first-order chi connectivity index (χ1) is 14.1. The van der Waals surface area contributed by atoms with Gasteiger partial charge in [0.1, 0.15) is 0 Å². The highest BCUT2D eigenvalue weighted by molar-refractivity contribution is 5.91. The van der Waals surface area contributed by atoms with Crippen molar-refractivity contribution in [2.45, 2.75) is 33.2 Å². The highest BCUT2D eigenvalue weighted by Crippen LogP contribution is 2.20. The van der Waals surface area contributed by atoms with Crippen molar-refractivity contribution in [3.8, 4) is 0 Å². The molecular formula is C21H38FN5O2. The minimum absolute atomic E-state index is 0.103. The van der Waals surface area contributed by atoms with Crippen LogP contribution in [-0.4, -0.2) is 76.8 Å². The fourth-order valence-electron chi connectivity index (χ4n) is 3.07. The van der Waals surface area contributed by atoms with Crippen LogP contribution in [0.15, 0.2) is 24.3 Å². The molecule has 3 N–H and O–H groups in total. The molecule has 166 valence electrons. The van der Waals surface area contributed by atoms with Gasteiger partial charge in [-0.1, -0.05) is 13.8 Å². The Morgan fingerprint density at radius 3 is 2.24 bits per heavy atom. The summed E-state index contributed by atoms with van der Waals surface area (Å²) in [4.78, 5) is 26.8. The van der Waals surface area contributed by atoms with E-state index >= 15 is 0 Å². The van der Waals surface area contributed by atoms with Gasteiger partial charge in [-0.3, -0.25) is 18.9 Å². The van der Waals surface area contributed by atoms with E-state index in [4.69, 9.17) is 0 Å². The zero-order valence-electron chi connectivity index (χ0n) is 18.5. The Morgan fingerprint density at radius 1 is 1.14 bits per heavy atom. The normalized spacial score (nSPS) is 14.5. The molecule has 1 heterocycles. The van der Waals surface area contributed by atoms with Crippen LogP contribution in [0.3, 0.4) is 0 Å². The van der Waals surface area contributed by atoms with E-state index in [1.165, 1.54) is 5.69 Å². The van der Waals surface area contributed by atoms with Crippen LogP contribution in [0.1, 0.15) is 27.2 Å². The number of anilines is 2. The van der Waals surface area contributed by atoms with Crippen molar-refractivity contribution in [2.75, 3.05) is 63.7 Å². The van der Waals surface area contributed by atoms with Gasteiger partial charge in [-0.25, -0.2) is 0 Å². The van der Waals surface area contributed by atoms with Gasteiger partial charge in [-0.05, 0) is 38.2 Å². The Hall–Kier alpha value is -2.19. The summed E-state index contributed by atoms with van der Waals surface area (Å²) in [6.45, 7) is 11.8. The SMILES string of the molecule is CC.CF.CNCC(C)N1CCN(c2ccc(NC(=O)CCNC=O)cc2)CC1. The highest BCUT2D eigenvalue weighted by Gasteiger charge is 2.20. The van der Waals surface area contributed by atoms with Crippen molar-refractivity contribution in [1.82, 2.24) is 15.5 Å². The summed E-state index contributed by atoms with van der Waals surface area (Å²) in [7, 11) is 2.49. The number of carbonyl (C=O) groups excluding carboxylic acids is 2. The molecule has 1 aliphatic heterocycles. The van der Waals surface area contributed by atoms with Gasteiger partial charge < -0.3 is 20.9 Å². The topological polar surface area (TPSA) is 76.7 Å². The van der Waals surface area contributed by atoms with Gasteiger partial charge in [0.2, 0.25) is 12.3 Å². The van der Waals surface area contributed by atoms with E-state index in [-0.39, 0.29) is 12.3 Å². The van der Waals surface area contributed by atoms with Crippen LogP contribution in [0, 0.1) is 0 Å². The number of alkyl halides is 1. The Labute approximate surface area is 175 Å². The number of halogens is 1. The number of hydrogen-bond donors (Lipinski definition) is 3. The van der Waals surface area contributed by atoms with Crippen LogP contribution in [0.5, 0.6) is 0 Å². The number of nitrogens with one attached hydrogen (secondary N) is 3. The molecule has 0 bridgehead atoms. The lowest BCUT2D eigenvalue weighted by molar-refractivity contribution is -0.116. The first kappa shape index (κ1) is 26.8. The van der Waals surface area contributed by atoms with Gasteiger partial charge in [0.15, 0.2) is 0 Å². The molecule has 1 aromatic rings. The van der Waals surface area contributed by atoms with Gasteiger partial charge in [-0.15, -0.1) is 0 Å². The lowest BCUT2D eigenvalue weighted by Crippen LogP contribution is -2.51. The number of piperazine rings is 1. The molecule has 1 saturated heterocycles. The van der Waals surface area contributed by atoms with Gasteiger partial charge in [-0.2, -0.15) is 0 Å². The minimum atomic E-state index is -0.103. The zero-order chi connectivity index (χ0) is 22.1. The summed E-state index contributed by atoms with van der Waals surface area (Å²) in [6, 6.07) is 8.50. The molecule has 0 aliphatic carbocycles. The van der Waals surface area contributed by atoms with E-state index < -0.39 is 0 Å². The molecular weight excluding hydrogens is 373 g/mol. The van der Waals surface area contributed by atoms with Crippen molar-refractivity contribution in [2.24, 2.45) is 0 Å². The van der Waals surface area contributed by atoms with E-state index in [0.717, 1.165) is 38.4 Å². The van der Waals surface area contributed by atoms with Crippen LogP contribution >= 0.6 is 0 Å². The molecule has 1 aliphatic rings. The smallest absolute Gasteiger partial charge is 0.226 e. The number of amides is 2. The number of nitrogens with zero attached hydrogens (tertiary/aromatic N) is 2. The molecule has 7 nitrogen and oxygen atoms in total. The number of likely N-dealkylation sites (N-methyl/N-ethyl adjacent to an activating group) is 1. The predicted octanol–water partition coefficient (Wildman–Crippen LogP) is 2.10. The summed E-state index contributed by atoms with van der Waals surface area (Å²) in [5, 5.41) is 8.55. The summed E-state index contributed by atoms with van der Waals surface area (Å²) in [6.07, 6.45) is 0.870. The Balaban J connectivity index is 0.00000184. The fraction of sp³-hybridized carbons (Fsp3) is 0.619. The van der Waals surface area contributed by atoms with Crippen LogP contribution in [0.2, 0.25) is 0 Å². The maximum Gasteiger partial charge on any atom is 0.226 e. The molecule has 2 amide bonds. The van der Waals surface area contributed by atoms with Crippen molar-refractivity contribution >= 4 is 23.7 Å². The quantitative estimate of drug-likeness (QED) is 0.429. The summed E-state index contributed by atoms with van der Waals surface area (Å²) in [5.74, 6) is -0.103. The lowest BCUT2D eigenvalue weighted by Gasteiger charge is -2.39. The standard InChI is InChI=1S/C18H29N5O2.C2H6.CH3F/c1-15(13-19-2)22-9-11-23(12-10-22)17-5-3-16(4-6-17)21-18(25)7-8-20-14-24;2*1-2/h3-6,14-15,19H,7-13H2,1-2H3,(H,20,24)(H,21,25);1-2H3;1H3. The molecule has 1 aromatic carbocycles. The third-order valence-electron chi connectivity index (χ3n) is 4.53.